The number of aromatic hydroxyl groups is 1. The molecule has 3 N–H and O–H groups in total. The van der Waals surface area contributed by atoms with Gasteiger partial charge in [-0.3, -0.25) is 3.97 Å². The highest BCUT2D eigenvalue weighted by Gasteiger charge is 2.11. The molecule has 6 heteroatoms. The van der Waals surface area contributed by atoms with Crippen LogP contribution in [0, 0.1) is 0 Å². The number of phenolic OH excluding ortho intramolecular Hbond substituents is 1. The van der Waals surface area contributed by atoms with Gasteiger partial charge in [0.25, 0.3) is 0 Å². The minimum Gasteiger partial charge on any atom is -0.508 e. The van der Waals surface area contributed by atoms with Gasteiger partial charge in [-0.15, -0.1) is 0 Å². The number of rotatable bonds is 5. The van der Waals surface area contributed by atoms with Crippen LogP contribution in [0.2, 0.25) is 0 Å². The Bertz CT molecular complexity index is 833. The average molecular weight is 359 g/mol. The van der Waals surface area contributed by atoms with Crippen molar-refractivity contribution in [2.75, 3.05) is 7.11 Å². The first-order valence-corrected chi connectivity index (χ1v) is 8.62. The summed E-state index contributed by atoms with van der Waals surface area (Å²) in [4.78, 5) is 11.6. The molecule has 1 aromatic heterocycles. The van der Waals surface area contributed by atoms with Crippen molar-refractivity contribution in [3.05, 3.63) is 64.9 Å². The first-order chi connectivity index (χ1) is 12.2. The van der Waals surface area contributed by atoms with Crippen molar-refractivity contribution in [1.29, 1.82) is 0 Å². The number of nitrogens with zero attached hydrogens (tertiary/aromatic N) is 1. The van der Waals surface area contributed by atoms with Crippen LogP contribution < -0.4 is 0 Å². The fourth-order valence-electron chi connectivity index (χ4n) is 2.55. The number of fused-ring (bicyclic) bond motifs is 1. The predicted molar refractivity (Wildman–Crippen MR) is 102 cm³/mol. The Hall–Kier alpha value is -2.44. The Kier molecular flexibility index (Phi) is 6.91. The van der Waals surface area contributed by atoms with E-state index in [-0.39, 0.29) is 11.5 Å². The second kappa shape index (κ2) is 9.15. The van der Waals surface area contributed by atoms with Gasteiger partial charge in [-0.2, -0.15) is 0 Å². The molecule has 1 aliphatic rings. The largest absolute Gasteiger partial charge is 0.508 e. The first-order valence-electron chi connectivity index (χ1n) is 7.84. The first kappa shape index (κ1) is 18.9. The number of aliphatic hydroxyl groups excluding tert-OH is 2. The SMILES string of the molecule is CO.O=CCCc1cn(SC2=CCC=CC(O)=C2)c2ccc(O)cc12. The monoisotopic (exact) mass is 359 g/mol. The highest BCUT2D eigenvalue weighted by Crippen LogP contribution is 2.33. The quantitative estimate of drug-likeness (QED) is 0.706. The number of phenols is 1. The van der Waals surface area contributed by atoms with Crippen molar-refractivity contribution in [3.63, 3.8) is 0 Å². The summed E-state index contributed by atoms with van der Waals surface area (Å²) in [5.74, 6) is 0.444. The number of carbonyl (C=O) groups excluding carboxylic acids is 1. The Morgan fingerprint density at radius 2 is 2.08 bits per heavy atom. The number of allylic oxidation sites excluding steroid dienone is 4. The summed E-state index contributed by atoms with van der Waals surface area (Å²) < 4.78 is 2.01. The molecule has 132 valence electrons. The topological polar surface area (TPSA) is 82.7 Å². The van der Waals surface area contributed by atoms with Gasteiger partial charge in [-0.05, 0) is 60.7 Å². The molecule has 1 heterocycles. The molecule has 0 fully saturated rings. The van der Waals surface area contributed by atoms with Crippen LogP contribution in [0.15, 0.2) is 59.4 Å². The van der Waals surface area contributed by atoms with Gasteiger partial charge in [-0.25, -0.2) is 0 Å². The third-order valence-electron chi connectivity index (χ3n) is 3.61. The maximum atomic E-state index is 10.7. The van der Waals surface area contributed by atoms with Crippen LogP contribution >= 0.6 is 11.9 Å². The van der Waals surface area contributed by atoms with Gasteiger partial charge in [0.2, 0.25) is 0 Å². The van der Waals surface area contributed by atoms with E-state index in [4.69, 9.17) is 5.11 Å². The zero-order chi connectivity index (χ0) is 18.2. The lowest BCUT2D eigenvalue weighted by atomic mass is 10.1. The van der Waals surface area contributed by atoms with Gasteiger partial charge in [0.1, 0.15) is 17.8 Å². The number of aliphatic hydroxyl groups is 2. The molecular weight excluding hydrogens is 338 g/mol. The van der Waals surface area contributed by atoms with Crippen LogP contribution in [-0.2, 0) is 11.2 Å². The molecule has 1 aromatic carbocycles. The van der Waals surface area contributed by atoms with Gasteiger partial charge < -0.3 is 20.1 Å². The fourth-order valence-corrected chi connectivity index (χ4v) is 3.55. The number of aryl methyl sites for hydroxylation is 1. The normalized spacial score (nSPS) is 13.5. The van der Waals surface area contributed by atoms with Gasteiger partial charge in [0.15, 0.2) is 0 Å². The lowest BCUT2D eigenvalue weighted by Gasteiger charge is -2.05. The van der Waals surface area contributed by atoms with E-state index < -0.39 is 0 Å². The van der Waals surface area contributed by atoms with Crippen LogP contribution in [-0.4, -0.2) is 32.7 Å². The Morgan fingerprint density at radius 1 is 1.28 bits per heavy atom. The molecule has 1 aliphatic carbocycles. The van der Waals surface area contributed by atoms with E-state index in [1.54, 1.807) is 24.3 Å². The van der Waals surface area contributed by atoms with Crippen LogP contribution in [0.3, 0.4) is 0 Å². The zero-order valence-corrected chi connectivity index (χ0v) is 14.7. The molecule has 0 radical (unpaired) electrons. The van der Waals surface area contributed by atoms with E-state index in [0.29, 0.717) is 12.8 Å². The standard InChI is InChI=1S/C18H17NO3S.CH4O/c20-9-3-4-13-12-19(18-8-7-15(22)11-17(13)18)23-16-6-2-1-5-14(21)10-16;1-2/h1,5-12,21-22H,2-4H2;2H,1H3. The molecule has 0 saturated heterocycles. The molecule has 2 aromatic rings. The molecule has 0 aliphatic heterocycles. The van der Waals surface area contributed by atoms with Crippen molar-refractivity contribution < 1.29 is 20.1 Å². The number of aromatic nitrogens is 1. The van der Waals surface area contributed by atoms with Crippen molar-refractivity contribution in [3.8, 4) is 5.75 Å². The van der Waals surface area contributed by atoms with E-state index in [1.807, 2.05) is 28.4 Å². The zero-order valence-electron chi connectivity index (χ0n) is 13.9. The molecule has 0 atom stereocenters. The van der Waals surface area contributed by atoms with Gasteiger partial charge >= 0.3 is 0 Å². The van der Waals surface area contributed by atoms with Crippen LogP contribution in [0.4, 0.5) is 0 Å². The molecular formula is C19H21NO4S. The summed E-state index contributed by atoms with van der Waals surface area (Å²) in [6.45, 7) is 0. The summed E-state index contributed by atoms with van der Waals surface area (Å²) in [5.41, 5.74) is 2.00. The van der Waals surface area contributed by atoms with E-state index >= 15 is 0 Å². The molecule has 5 nitrogen and oxygen atoms in total. The fraction of sp³-hybridized carbons (Fsp3) is 0.211. The van der Waals surface area contributed by atoms with Gasteiger partial charge in [0, 0.05) is 30.0 Å². The molecule has 0 amide bonds. The predicted octanol–water partition coefficient (Wildman–Crippen LogP) is 3.87. The number of hydrogen-bond acceptors (Lipinski definition) is 5. The number of hydrogen-bond donors (Lipinski definition) is 3. The van der Waals surface area contributed by atoms with Crippen molar-refractivity contribution in [2.45, 2.75) is 19.3 Å². The highest BCUT2D eigenvalue weighted by molar-refractivity contribution is 8.02. The van der Waals surface area contributed by atoms with E-state index in [9.17, 15) is 15.0 Å². The second-order valence-electron chi connectivity index (χ2n) is 5.29. The highest BCUT2D eigenvalue weighted by atomic mass is 32.2. The van der Waals surface area contributed by atoms with Crippen molar-refractivity contribution in [1.82, 2.24) is 3.97 Å². The Balaban J connectivity index is 0.00000109. The average Bonchev–Trinajstić information content (AvgIpc) is 2.80. The lowest BCUT2D eigenvalue weighted by molar-refractivity contribution is -0.107. The van der Waals surface area contributed by atoms with E-state index in [2.05, 4.69) is 0 Å². The maximum Gasteiger partial charge on any atom is 0.120 e. The molecule has 3 rings (SSSR count). The van der Waals surface area contributed by atoms with Crippen molar-refractivity contribution >= 4 is 29.1 Å². The Morgan fingerprint density at radius 3 is 2.84 bits per heavy atom. The summed E-state index contributed by atoms with van der Waals surface area (Å²) in [6, 6.07) is 5.24. The number of benzene rings is 1. The molecule has 0 bridgehead atoms. The minimum atomic E-state index is 0.211. The smallest absolute Gasteiger partial charge is 0.120 e. The summed E-state index contributed by atoms with van der Waals surface area (Å²) in [7, 11) is 1.00. The lowest BCUT2D eigenvalue weighted by Crippen LogP contribution is -1.86. The molecule has 25 heavy (non-hydrogen) atoms. The van der Waals surface area contributed by atoms with Crippen molar-refractivity contribution in [2.24, 2.45) is 0 Å². The van der Waals surface area contributed by atoms with Gasteiger partial charge in [0.05, 0.1) is 5.52 Å². The summed E-state index contributed by atoms with van der Waals surface area (Å²) in [5, 5.41) is 27.4. The molecule has 0 spiro atoms. The molecule has 0 unspecified atom stereocenters. The minimum absolute atomic E-state index is 0.211. The second-order valence-corrected chi connectivity index (χ2v) is 6.34. The number of aldehydes is 1. The Labute approximate surface area is 150 Å². The summed E-state index contributed by atoms with van der Waals surface area (Å²) in [6.07, 6.45) is 12.1. The van der Waals surface area contributed by atoms with E-state index in [0.717, 1.165) is 41.2 Å². The van der Waals surface area contributed by atoms with Crippen LogP contribution in [0.1, 0.15) is 18.4 Å². The number of carbonyl (C=O) groups is 1. The maximum absolute atomic E-state index is 10.7. The van der Waals surface area contributed by atoms with E-state index in [1.165, 1.54) is 11.9 Å². The van der Waals surface area contributed by atoms with Crippen LogP contribution in [0.5, 0.6) is 5.75 Å². The summed E-state index contributed by atoms with van der Waals surface area (Å²) >= 11 is 1.50. The third-order valence-corrected chi connectivity index (χ3v) is 4.60. The van der Waals surface area contributed by atoms with Crippen LogP contribution in [0.25, 0.3) is 10.9 Å². The molecule has 0 saturated carbocycles. The van der Waals surface area contributed by atoms with Gasteiger partial charge in [-0.1, -0.05) is 12.2 Å². The third kappa shape index (κ3) is 4.78.